The van der Waals surface area contributed by atoms with Crippen molar-refractivity contribution in [1.82, 2.24) is 9.97 Å². The minimum atomic E-state index is 0.130. The Kier molecular flexibility index (Phi) is 3.90. The lowest BCUT2D eigenvalue weighted by atomic mass is 10.0. The molecule has 19 heavy (non-hydrogen) atoms. The summed E-state index contributed by atoms with van der Waals surface area (Å²) in [4.78, 5) is 7.76. The van der Waals surface area contributed by atoms with Gasteiger partial charge in [-0.25, -0.2) is 4.98 Å². The van der Waals surface area contributed by atoms with Gasteiger partial charge in [0.2, 0.25) is 5.95 Å². The van der Waals surface area contributed by atoms with Crippen LogP contribution in [0.25, 0.3) is 0 Å². The van der Waals surface area contributed by atoms with Gasteiger partial charge in [0.05, 0.1) is 6.20 Å². The van der Waals surface area contributed by atoms with Crippen LogP contribution in [0.1, 0.15) is 30.9 Å². The SMILES string of the molecule is Cc1ccc(C(C)C)c(Oc2cnc(N)nc2Cl)c1. The summed E-state index contributed by atoms with van der Waals surface area (Å²) in [5.41, 5.74) is 7.69. The van der Waals surface area contributed by atoms with Crippen LogP contribution < -0.4 is 10.5 Å². The van der Waals surface area contributed by atoms with Crippen LogP contribution in [0.5, 0.6) is 11.5 Å². The van der Waals surface area contributed by atoms with E-state index in [1.165, 1.54) is 6.20 Å². The van der Waals surface area contributed by atoms with Crippen molar-refractivity contribution in [2.75, 3.05) is 5.73 Å². The number of aromatic nitrogens is 2. The number of rotatable bonds is 3. The monoisotopic (exact) mass is 277 g/mol. The van der Waals surface area contributed by atoms with Gasteiger partial charge in [0.25, 0.3) is 0 Å². The maximum absolute atomic E-state index is 6.00. The summed E-state index contributed by atoms with van der Waals surface area (Å²) >= 11 is 6.00. The van der Waals surface area contributed by atoms with E-state index in [-0.39, 0.29) is 11.1 Å². The normalized spacial score (nSPS) is 10.8. The number of halogens is 1. The molecule has 0 aliphatic heterocycles. The minimum Gasteiger partial charge on any atom is -0.452 e. The molecule has 100 valence electrons. The van der Waals surface area contributed by atoms with Crippen molar-refractivity contribution in [3.63, 3.8) is 0 Å². The summed E-state index contributed by atoms with van der Waals surface area (Å²) in [6.07, 6.45) is 1.48. The molecule has 4 nitrogen and oxygen atoms in total. The van der Waals surface area contributed by atoms with E-state index in [0.29, 0.717) is 11.7 Å². The van der Waals surface area contributed by atoms with Crippen LogP contribution in [-0.4, -0.2) is 9.97 Å². The van der Waals surface area contributed by atoms with Crippen LogP contribution in [0.2, 0.25) is 5.15 Å². The van der Waals surface area contributed by atoms with E-state index in [9.17, 15) is 0 Å². The quantitative estimate of drug-likeness (QED) is 0.863. The van der Waals surface area contributed by atoms with Crippen LogP contribution in [0.4, 0.5) is 5.95 Å². The lowest BCUT2D eigenvalue weighted by Crippen LogP contribution is -1.99. The predicted octanol–water partition coefficient (Wildman–Crippen LogP) is 3.94. The van der Waals surface area contributed by atoms with Crippen LogP contribution in [0, 0.1) is 6.92 Å². The molecule has 0 bridgehead atoms. The van der Waals surface area contributed by atoms with Crippen LogP contribution in [0.3, 0.4) is 0 Å². The van der Waals surface area contributed by atoms with E-state index in [1.807, 2.05) is 13.0 Å². The molecule has 0 aliphatic rings. The number of ether oxygens (including phenoxy) is 1. The lowest BCUT2D eigenvalue weighted by Gasteiger charge is -2.14. The Hall–Kier alpha value is -1.81. The highest BCUT2D eigenvalue weighted by Gasteiger charge is 2.12. The summed E-state index contributed by atoms with van der Waals surface area (Å²) in [5, 5.41) is 0.212. The average Bonchev–Trinajstić information content (AvgIpc) is 2.32. The first-order valence-corrected chi connectivity index (χ1v) is 6.41. The van der Waals surface area contributed by atoms with E-state index in [0.717, 1.165) is 16.9 Å². The van der Waals surface area contributed by atoms with Crippen molar-refractivity contribution >= 4 is 17.5 Å². The highest BCUT2D eigenvalue weighted by molar-refractivity contribution is 6.30. The van der Waals surface area contributed by atoms with Gasteiger partial charge < -0.3 is 10.5 Å². The number of anilines is 1. The molecule has 0 fully saturated rings. The van der Waals surface area contributed by atoms with E-state index in [2.05, 4.69) is 35.9 Å². The van der Waals surface area contributed by atoms with Gasteiger partial charge in [-0.15, -0.1) is 0 Å². The molecule has 5 heteroatoms. The van der Waals surface area contributed by atoms with Crippen LogP contribution in [-0.2, 0) is 0 Å². The Morgan fingerprint density at radius 3 is 2.63 bits per heavy atom. The Morgan fingerprint density at radius 1 is 1.26 bits per heavy atom. The molecule has 0 saturated carbocycles. The van der Waals surface area contributed by atoms with Gasteiger partial charge in [-0.1, -0.05) is 37.6 Å². The number of aryl methyl sites for hydroxylation is 1. The van der Waals surface area contributed by atoms with E-state index >= 15 is 0 Å². The van der Waals surface area contributed by atoms with E-state index in [1.54, 1.807) is 0 Å². The standard InChI is InChI=1S/C14H16ClN3O/c1-8(2)10-5-4-9(3)6-11(10)19-12-7-17-14(16)18-13(12)15/h4-8H,1-3H3,(H2,16,17,18). The van der Waals surface area contributed by atoms with Gasteiger partial charge in [-0.2, -0.15) is 4.98 Å². The molecule has 1 aromatic heterocycles. The maximum atomic E-state index is 6.00. The highest BCUT2D eigenvalue weighted by Crippen LogP contribution is 2.33. The molecule has 0 unspecified atom stereocenters. The van der Waals surface area contributed by atoms with Crippen molar-refractivity contribution in [2.24, 2.45) is 0 Å². The molecule has 2 N–H and O–H groups in total. The van der Waals surface area contributed by atoms with Gasteiger partial charge >= 0.3 is 0 Å². The minimum absolute atomic E-state index is 0.130. The van der Waals surface area contributed by atoms with Crippen LogP contribution >= 0.6 is 11.6 Å². The topological polar surface area (TPSA) is 61.0 Å². The molecule has 1 aromatic carbocycles. The second kappa shape index (κ2) is 5.45. The number of hydrogen-bond acceptors (Lipinski definition) is 4. The van der Waals surface area contributed by atoms with Crippen molar-refractivity contribution < 1.29 is 4.74 Å². The Labute approximate surface area is 117 Å². The number of benzene rings is 1. The third-order valence-corrected chi connectivity index (χ3v) is 3.01. The molecule has 0 radical (unpaired) electrons. The summed E-state index contributed by atoms with van der Waals surface area (Å²) in [7, 11) is 0. The molecule has 0 aliphatic carbocycles. The molecule has 2 rings (SSSR count). The molecule has 0 atom stereocenters. The van der Waals surface area contributed by atoms with Crippen LogP contribution in [0.15, 0.2) is 24.4 Å². The Bertz CT molecular complexity index is 599. The summed E-state index contributed by atoms with van der Waals surface area (Å²) in [5.74, 6) is 1.66. The average molecular weight is 278 g/mol. The number of nitrogens with zero attached hydrogens (tertiary/aromatic N) is 2. The summed E-state index contributed by atoms with van der Waals surface area (Å²) < 4.78 is 5.82. The number of nitrogens with two attached hydrogens (primary N) is 1. The van der Waals surface area contributed by atoms with Gasteiger partial charge in [0, 0.05) is 0 Å². The van der Waals surface area contributed by atoms with Gasteiger partial charge in [0.15, 0.2) is 10.9 Å². The molecular weight excluding hydrogens is 262 g/mol. The maximum Gasteiger partial charge on any atom is 0.221 e. The summed E-state index contributed by atoms with van der Waals surface area (Å²) in [6.45, 7) is 6.23. The van der Waals surface area contributed by atoms with E-state index < -0.39 is 0 Å². The predicted molar refractivity (Wildman–Crippen MR) is 76.8 cm³/mol. The first kappa shape index (κ1) is 13.6. The molecular formula is C14H16ClN3O. The molecule has 0 saturated heterocycles. The molecule has 0 amide bonds. The molecule has 1 heterocycles. The van der Waals surface area contributed by atoms with Gasteiger partial charge in [-0.05, 0) is 30.0 Å². The van der Waals surface area contributed by atoms with Crippen molar-refractivity contribution in [3.8, 4) is 11.5 Å². The first-order chi connectivity index (χ1) is 8.97. The molecule has 2 aromatic rings. The zero-order chi connectivity index (χ0) is 14.0. The zero-order valence-corrected chi connectivity index (χ0v) is 11.9. The lowest BCUT2D eigenvalue weighted by molar-refractivity contribution is 0.468. The number of hydrogen-bond donors (Lipinski definition) is 1. The Balaban J connectivity index is 2.39. The second-order valence-electron chi connectivity index (χ2n) is 4.68. The Morgan fingerprint density at radius 2 is 2.00 bits per heavy atom. The summed E-state index contributed by atoms with van der Waals surface area (Å²) in [6, 6.07) is 6.09. The second-order valence-corrected chi connectivity index (χ2v) is 5.04. The fourth-order valence-electron chi connectivity index (χ4n) is 1.76. The number of nitrogen functional groups attached to an aromatic ring is 1. The first-order valence-electron chi connectivity index (χ1n) is 6.04. The molecule has 0 spiro atoms. The van der Waals surface area contributed by atoms with E-state index in [4.69, 9.17) is 22.1 Å². The zero-order valence-electron chi connectivity index (χ0n) is 11.1. The third-order valence-electron chi connectivity index (χ3n) is 2.74. The van der Waals surface area contributed by atoms with Gasteiger partial charge in [0.1, 0.15) is 5.75 Å². The van der Waals surface area contributed by atoms with Crippen molar-refractivity contribution in [1.29, 1.82) is 0 Å². The highest BCUT2D eigenvalue weighted by atomic mass is 35.5. The largest absolute Gasteiger partial charge is 0.452 e. The van der Waals surface area contributed by atoms with Gasteiger partial charge in [-0.3, -0.25) is 0 Å². The van der Waals surface area contributed by atoms with Crippen molar-refractivity contribution in [2.45, 2.75) is 26.7 Å². The fourth-order valence-corrected chi connectivity index (χ4v) is 1.93. The fraction of sp³-hybridized carbons (Fsp3) is 0.286. The third kappa shape index (κ3) is 3.15. The van der Waals surface area contributed by atoms with Crippen molar-refractivity contribution in [3.05, 3.63) is 40.7 Å². The smallest absolute Gasteiger partial charge is 0.221 e.